The molecule has 10 nitrogen and oxygen atoms in total. The molecular formula is C26H21ClN6O4. The zero-order valence-corrected chi connectivity index (χ0v) is 20.2. The summed E-state index contributed by atoms with van der Waals surface area (Å²) in [5, 5.41) is 20.1. The van der Waals surface area contributed by atoms with Crippen LogP contribution in [0.1, 0.15) is 28.8 Å². The Hall–Kier alpha value is -4.62. The lowest BCUT2D eigenvalue weighted by Crippen LogP contribution is -2.35. The smallest absolute Gasteiger partial charge is 0.341 e. The zero-order chi connectivity index (χ0) is 26.1. The van der Waals surface area contributed by atoms with Crippen LogP contribution in [0.4, 0.5) is 11.5 Å². The molecule has 1 fully saturated rings. The Kier molecular flexibility index (Phi) is 6.38. The van der Waals surface area contributed by atoms with Gasteiger partial charge in [0.15, 0.2) is 0 Å². The second-order valence-corrected chi connectivity index (χ2v) is 8.98. The van der Waals surface area contributed by atoms with E-state index in [1.807, 2.05) is 0 Å². The van der Waals surface area contributed by atoms with E-state index in [0.717, 1.165) is 12.8 Å². The number of nitrogens with two attached hydrogens (primary N) is 1. The van der Waals surface area contributed by atoms with Gasteiger partial charge in [0.2, 0.25) is 11.3 Å². The molecule has 11 heteroatoms. The third-order valence-corrected chi connectivity index (χ3v) is 6.63. The number of pyridine rings is 3. The summed E-state index contributed by atoms with van der Waals surface area (Å²) in [7, 11) is 0. The molecule has 0 saturated carbocycles. The number of hydrogen-bond donors (Lipinski definition) is 2. The van der Waals surface area contributed by atoms with E-state index in [1.165, 1.54) is 18.5 Å². The molecule has 0 unspecified atom stereocenters. The summed E-state index contributed by atoms with van der Waals surface area (Å²) in [6, 6.07) is 12.0. The van der Waals surface area contributed by atoms with Gasteiger partial charge in [-0.1, -0.05) is 11.6 Å². The molecule has 5 rings (SSSR count). The number of carboxylic acids is 1. The van der Waals surface area contributed by atoms with E-state index < -0.39 is 17.0 Å². The predicted molar refractivity (Wildman–Crippen MR) is 139 cm³/mol. The normalized spacial score (nSPS) is 15.0. The minimum atomic E-state index is -1.36. The van der Waals surface area contributed by atoms with E-state index in [9.17, 15) is 20.0 Å². The van der Waals surface area contributed by atoms with Crippen molar-refractivity contribution in [1.29, 1.82) is 5.26 Å². The molecule has 1 aliphatic heterocycles. The molecule has 37 heavy (non-hydrogen) atoms. The summed E-state index contributed by atoms with van der Waals surface area (Å²) in [6.07, 6.45) is 6.05. The highest BCUT2D eigenvalue weighted by molar-refractivity contribution is 6.31. The van der Waals surface area contributed by atoms with Crippen molar-refractivity contribution >= 4 is 40.0 Å². The number of carbonyl (C=O) groups is 1. The van der Waals surface area contributed by atoms with Gasteiger partial charge in [0.05, 0.1) is 34.7 Å². The molecule has 1 atom stereocenters. The predicted octanol–water partition coefficient (Wildman–Crippen LogP) is 3.63. The first-order valence-electron chi connectivity index (χ1n) is 11.5. The highest BCUT2D eigenvalue weighted by Gasteiger charge is 2.29. The van der Waals surface area contributed by atoms with E-state index in [0.29, 0.717) is 46.8 Å². The number of nitriles is 1. The average molecular weight is 517 g/mol. The minimum absolute atomic E-state index is 0.0701. The van der Waals surface area contributed by atoms with Crippen molar-refractivity contribution in [2.75, 3.05) is 23.8 Å². The van der Waals surface area contributed by atoms with Gasteiger partial charge >= 0.3 is 5.97 Å². The van der Waals surface area contributed by atoms with E-state index in [2.05, 4.69) is 20.9 Å². The molecule has 1 saturated heterocycles. The molecule has 3 aromatic heterocycles. The monoisotopic (exact) mass is 516 g/mol. The van der Waals surface area contributed by atoms with Crippen molar-refractivity contribution in [3.8, 4) is 17.6 Å². The van der Waals surface area contributed by atoms with Gasteiger partial charge in [-0.15, -0.1) is 0 Å². The van der Waals surface area contributed by atoms with Gasteiger partial charge in [-0.25, -0.2) is 14.8 Å². The van der Waals surface area contributed by atoms with Gasteiger partial charge in [0, 0.05) is 24.3 Å². The van der Waals surface area contributed by atoms with Gasteiger partial charge in [0.25, 0.3) is 0 Å². The summed E-state index contributed by atoms with van der Waals surface area (Å²) < 4.78 is 7.47. The first kappa shape index (κ1) is 24.1. The first-order valence-corrected chi connectivity index (χ1v) is 11.8. The van der Waals surface area contributed by atoms with E-state index in [4.69, 9.17) is 22.1 Å². The molecule has 1 aliphatic rings. The second-order valence-electron chi connectivity index (χ2n) is 8.58. The number of ether oxygens (including phenoxy) is 1. The van der Waals surface area contributed by atoms with E-state index >= 15 is 0 Å². The standard InChI is InChI=1S/C26H21ClN6O4/c27-20-4-1-7-30-25(20)37-14-17-3-2-8-32(17)21-10-22-18(9-15(21)11-28)24(34)19(26(35)36)13-33(22)16-5-6-23(29)31-12-16/h1,4-7,9-10,12-13,17H,2-3,8,14H2,(H2,29,31)(H,35,36)/t17-/m1/s1. The van der Waals surface area contributed by atoms with Crippen LogP contribution in [0.15, 0.2) is 59.8 Å². The molecule has 0 spiro atoms. The third kappa shape index (κ3) is 4.52. The lowest BCUT2D eigenvalue weighted by Gasteiger charge is -2.28. The summed E-state index contributed by atoms with van der Waals surface area (Å²) in [5.41, 5.74) is 6.48. The quantitative estimate of drug-likeness (QED) is 0.392. The number of rotatable bonds is 6. The molecule has 4 aromatic rings. The van der Waals surface area contributed by atoms with Crippen molar-refractivity contribution in [3.63, 3.8) is 0 Å². The van der Waals surface area contributed by atoms with Crippen LogP contribution in [-0.4, -0.2) is 44.8 Å². The number of nitrogens with zero attached hydrogens (tertiary/aromatic N) is 5. The lowest BCUT2D eigenvalue weighted by atomic mass is 10.0. The number of fused-ring (bicyclic) bond motifs is 1. The molecule has 0 radical (unpaired) electrons. The molecule has 0 aliphatic carbocycles. The summed E-state index contributed by atoms with van der Waals surface area (Å²) in [4.78, 5) is 35.2. The minimum Gasteiger partial charge on any atom is -0.477 e. The average Bonchev–Trinajstić information content (AvgIpc) is 3.36. The number of hydrogen-bond acceptors (Lipinski definition) is 8. The third-order valence-electron chi connectivity index (χ3n) is 6.34. The van der Waals surface area contributed by atoms with E-state index in [1.54, 1.807) is 41.1 Å². The fourth-order valence-electron chi connectivity index (χ4n) is 4.57. The fraction of sp³-hybridized carbons (Fsp3) is 0.192. The van der Waals surface area contributed by atoms with Crippen LogP contribution in [0.5, 0.6) is 5.88 Å². The van der Waals surface area contributed by atoms with Crippen LogP contribution in [0.3, 0.4) is 0 Å². The molecule has 186 valence electrons. The first-order chi connectivity index (χ1) is 17.9. The molecule has 4 heterocycles. The largest absolute Gasteiger partial charge is 0.477 e. The SMILES string of the molecule is N#Cc1cc2c(=O)c(C(=O)O)cn(-c3ccc(N)nc3)c2cc1N1CCC[C@@H]1COc1ncccc1Cl. The molecule has 0 bridgehead atoms. The Morgan fingerprint density at radius 3 is 2.84 bits per heavy atom. The van der Waals surface area contributed by atoms with Gasteiger partial charge < -0.3 is 25.0 Å². The lowest BCUT2D eigenvalue weighted by molar-refractivity contribution is 0.0695. The number of nitrogen functional groups attached to an aromatic ring is 1. The Labute approximate surface area is 216 Å². The van der Waals surface area contributed by atoms with Gasteiger partial charge in [-0.3, -0.25) is 4.79 Å². The van der Waals surface area contributed by atoms with Gasteiger partial charge in [-0.2, -0.15) is 5.26 Å². The van der Waals surface area contributed by atoms with Crippen LogP contribution < -0.4 is 20.8 Å². The molecule has 1 aromatic carbocycles. The van der Waals surface area contributed by atoms with Crippen molar-refractivity contribution in [3.05, 3.63) is 81.4 Å². The molecule has 3 N–H and O–H groups in total. The maximum absolute atomic E-state index is 13.1. The number of aromatic nitrogens is 3. The second kappa shape index (κ2) is 9.79. The number of carboxylic acid groups (broad SMARTS) is 1. The fourth-order valence-corrected chi connectivity index (χ4v) is 4.75. The summed E-state index contributed by atoms with van der Waals surface area (Å²) in [6.45, 7) is 0.970. The molecule has 0 amide bonds. The Bertz CT molecular complexity index is 1610. The van der Waals surface area contributed by atoms with Crippen LogP contribution in [0, 0.1) is 11.3 Å². The van der Waals surface area contributed by atoms with Crippen LogP contribution in [0.25, 0.3) is 16.6 Å². The Morgan fingerprint density at radius 1 is 1.30 bits per heavy atom. The highest BCUT2D eigenvalue weighted by atomic mass is 35.5. The maximum Gasteiger partial charge on any atom is 0.341 e. The number of aromatic carboxylic acids is 1. The Balaban J connectivity index is 1.63. The van der Waals surface area contributed by atoms with Gasteiger partial charge in [0.1, 0.15) is 29.1 Å². The van der Waals surface area contributed by atoms with Crippen molar-refractivity contribution in [1.82, 2.24) is 14.5 Å². The maximum atomic E-state index is 13.1. The van der Waals surface area contributed by atoms with Gasteiger partial charge in [-0.05, 0) is 49.2 Å². The van der Waals surface area contributed by atoms with E-state index in [-0.39, 0.29) is 17.0 Å². The van der Waals surface area contributed by atoms with Crippen LogP contribution >= 0.6 is 11.6 Å². The topological polar surface area (TPSA) is 147 Å². The zero-order valence-electron chi connectivity index (χ0n) is 19.5. The summed E-state index contributed by atoms with van der Waals surface area (Å²) in [5.74, 6) is -0.731. The Morgan fingerprint density at radius 2 is 2.14 bits per heavy atom. The number of halogens is 1. The van der Waals surface area contributed by atoms with Crippen LogP contribution in [-0.2, 0) is 0 Å². The summed E-state index contributed by atoms with van der Waals surface area (Å²) >= 11 is 6.18. The van der Waals surface area contributed by atoms with Crippen molar-refractivity contribution < 1.29 is 14.6 Å². The highest BCUT2D eigenvalue weighted by Crippen LogP contribution is 2.33. The van der Waals surface area contributed by atoms with Crippen molar-refractivity contribution in [2.45, 2.75) is 18.9 Å². The molecular weight excluding hydrogens is 496 g/mol. The van der Waals surface area contributed by atoms with Crippen LogP contribution in [0.2, 0.25) is 5.02 Å². The number of anilines is 2. The number of benzene rings is 1. The van der Waals surface area contributed by atoms with Crippen molar-refractivity contribution in [2.24, 2.45) is 0 Å².